The van der Waals surface area contributed by atoms with E-state index < -0.39 is 5.82 Å². The van der Waals surface area contributed by atoms with Gasteiger partial charge in [0.1, 0.15) is 5.01 Å². The van der Waals surface area contributed by atoms with Gasteiger partial charge in [-0.1, -0.05) is 12.1 Å². The zero-order valence-electron chi connectivity index (χ0n) is 11.4. The summed E-state index contributed by atoms with van der Waals surface area (Å²) < 4.78 is 18.8. The molecule has 2 heterocycles. The van der Waals surface area contributed by atoms with E-state index in [1.54, 1.807) is 34.6 Å². The normalized spacial score (nSPS) is 18.0. The molecular weight excluding hydrogens is 291 g/mol. The number of nitrogens with zero attached hydrogens (tertiary/aromatic N) is 2. The van der Waals surface area contributed by atoms with E-state index >= 15 is 0 Å². The molecule has 1 atom stereocenters. The maximum absolute atomic E-state index is 13.5. The number of thiazole rings is 1. The van der Waals surface area contributed by atoms with E-state index in [1.165, 1.54) is 12.1 Å². The molecule has 1 fully saturated rings. The van der Waals surface area contributed by atoms with Gasteiger partial charge >= 0.3 is 0 Å². The fourth-order valence-electron chi connectivity index (χ4n) is 2.51. The van der Waals surface area contributed by atoms with Crippen LogP contribution in [-0.2, 0) is 4.79 Å². The lowest BCUT2D eigenvalue weighted by atomic mass is 10.2. The van der Waals surface area contributed by atoms with Crippen LogP contribution in [0.25, 0.3) is 0 Å². The Kier molecular flexibility index (Phi) is 4.15. The highest BCUT2D eigenvalue weighted by molar-refractivity contribution is 7.09. The molecule has 0 N–H and O–H groups in total. The Morgan fingerprint density at radius 2 is 2.33 bits per heavy atom. The fourth-order valence-corrected chi connectivity index (χ4v) is 3.29. The Morgan fingerprint density at radius 3 is 3.10 bits per heavy atom. The number of rotatable bonds is 4. The summed E-state index contributed by atoms with van der Waals surface area (Å²) in [5.41, 5.74) is 0. The second-order valence-electron chi connectivity index (χ2n) is 4.83. The quantitative estimate of drug-likeness (QED) is 0.872. The molecule has 1 aliphatic rings. The number of amides is 1. The molecule has 110 valence electrons. The van der Waals surface area contributed by atoms with Crippen LogP contribution < -0.4 is 4.74 Å². The average molecular weight is 306 g/mol. The zero-order chi connectivity index (χ0) is 14.7. The molecule has 0 spiro atoms. The largest absolute Gasteiger partial charge is 0.481 e. The molecule has 0 aliphatic carbocycles. The number of para-hydroxylation sites is 1. The molecule has 1 unspecified atom stereocenters. The van der Waals surface area contributed by atoms with Crippen LogP contribution in [0.2, 0.25) is 0 Å². The SMILES string of the molecule is O=C(COc1ccccc1F)N1CCCC1c1nccs1. The van der Waals surface area contributed by atoms with Crippen molar-refractivity contribution in [2.75, 3.05) is 13.2 Å². The van der Waals surface area contributed by atoms with Crippen molar-refractivity contribution < 1.29 is 13.9 Å². The molecular formula is C15H15FN2O2S. The summed E-state index contributed by atoms with van der Waals surface area (Å²) in [4.78, 5) is 18.4. The summed E-state index contributed by atoms with van der Waals surface area (Å²) in [5, 5.41) is 2.86. The molecule has 0 radical (unpaired) electrons. The van der Waals surface area contributed by atoms with Crippen molar-refractivity contribution in [1.29, 1.82) is 0 Å². The highest BCUT2D eigenvalue weighted by Gasteiger charge is 2.31. The third-order valence-electron chi connectivity index (χ3n) is 3.50. The van der Waals surface area contributed by atoms with E-state index in [2.05, 4.69) is 4.98 Å². The minimum Gasteiger partial charge on any atom is -0.481 e. The predicted molar refractivity (Wildman–Crippen MR) is 77.7 cm³/mol. The van der Waals surface area contributed by atoms with E-state index in [4.69, 9.17) is 4.74 Å². The average Bonchev–Trinajstić information content (AvgIpc) is 3.16. The second kappa shape index (κ2) is 6.22. The number of carbonyl (C=O) groups is 1. The lowest BCUT2D eigenvalue weighted by molar-refractivity contribution is -0.134. The molecule has 1 aromatic heterocycles. The molecule has 4 nitrogen and oxygen atoms in total. The van der Waals surface area contributed by atoms with Crippen molar-refractivity contribution >= 4 is 17.2 Å². The van der Waals surface area contributed by atoms with Gasteiger partial charge in [-0.05, 0) is 25.0 Å². The van der Waals surface area contributed by atoms with Gasteiger partial charge in [0.25, 0.3) is 5.91 Å². The standard InChI is InChI=1S/C15H15FN2O2S/c16-11-4-1-2-6-13(11)20-10-14(19)18-8-3-5-12(18)15-17-7-9-21-15/h1-2,4,6-7,9,12H,3,5,8,10H2. The minimum atomic E-state index is -0.455. The summed E-state index contributed by atoms with van der Waals surface area (Å²) in [6.45, 7) is 0.548. The molecule has 1 amide bonds. The summed E-state index contributed by atoms with van der Waals surface area (Å²) in [5.74, 6) is -0.477. The van der Waals surface area contributed by atoms with Gasteiger partial charge in [-0.25, -0.2) is 9.37 Å². The number of likely N-dealkylation sites (tertiary alicyclic amines) is 1. The topological polar surface area (TPSA) is 42.4 Å². The Hall–Kier alpha value is -1.95. The molecule has 1 aliphatic heterocycles. The molecule has 21 heavy (non-hydrogen) atoms. The number of carbonyl (C=O) groups excluding carboxylic acids is 1. The molecule has 6 heteroatoms. The van der Waals surface area contributed by atoms with Gasteiger partial charge in [0.05, 0.1) is 6.04 Å². The van der Waals surface area contributed by atoms with E-state index in [9.17, 15) is 9.18 Å². The number of hydrogen-bond donors (Lipinski definition) is 0. The predicted octanol–water partition coefficient (Wildman–Crippen LogP) is 3.02. The van der Waals surface area contributed by atoms with Gasteiger partial charge in [-0.2, -0.15) is 0 Å². The molecule has 0 saturated carbocycles. The molecule has 2 aromatic rings. The maximum atomic E-state index is 13.5. The first-order chi connectivity index (χ1) is 10.3. The van der Waals surface area contributed by atoms with Crippen molar-refractivity contribution in [3.63, 3.8) is 0 Å². The number of hydrogen-bond acceptors (Lipinski definition) is 4. The van der Waals surface area contributed by atoms with Crippen LogP contribution in [-0.4, -0.2) is 28.9 Å². The fraction of sp³-hybridized carbons (Fsp3) is 0.333. The van der Waals surface area contributed by atoms with Gasteiger partial charge in [0.2, 0.25) is 0 Å². The summed E-state index contributed by atoms with van der Waals surface area (Å²) in [7, 11) is 0. The van der Waals surface area contributed by atoms with Crippen LogP contribution >= 0.6 is 11.3 Å². The zero-order valence-corrected chi connectivity index (χ0v) is 12.2. The van der Waals surface area contributed by atoms with Crippen LogP contribution in [0.1, 0.15) is 23.9 Å². The Balaban J connectivity index is 1.64. The van der Waals surface area contributed by atoms with E-state index in [1.807, 2.05) is 5.38 Å². The van der Waals surface area contributed by atoms with E-state index in [-0.39, 0.29) is 24.3 Å². The monoisotopic (exact) mass is 306 g/mol. The number of ether oxygens (including phenoxy) is 1. The van der Waals surface area contributed by atoms with Crippen molar-refractivity contribution in [3.05, 3.63) is 46.7 Å². The lowest BCUT2D eigenvalue weighted by Crippen LogP contribution is -2.34. The van der Waals surface area contributed by atoms with Gasteiger partial charge in [0.15, 0.2) is 18.2 Å². The van der Waals surface area contributed by atoms with Gasteiger partial charge in [-0.3, -0.25) is 4.79 Å². The summed E-state index contributed by atoms with van der Waals surface area (Å²) in [6, 6.07) is 6.13. The van der Waals surface area contributed by atoms with Crippen molar-refractivity contribution in [3.8, 4) is 5.75 Å². The smallest absolute Gasteiger partial charge is 0.261 e. The minimum absolute atomic E-state index is 0.0294. The second-order valence-corrected chi connectivity index (χ2v) is 5.76. The first-order valence-corrected chi connectivity index (χ1v) is 7.70. The Bertz CT molecular complexity index is 618. The number of aromatic nitrogens is 1. The van der Waals surface area contributed by atoms with Crippen LogP contribution in [0, 0.1) is 5.82 Å². The van der Waals surface area contributed by atoms with Crippen LogP contribution in [0.3, 0.4) is 0 Å². The maximum Gasteiger partial charge on any atom is 0.261 e. The highest BCUT2D eigenvalue weighted by Crippen LogP contribution is 2.33. The summed E-state index contributed by atoms with van der Waals surface area (Å²) >= 11 is 1.55. The molecule has 0 bridgehead atoms. The first-order valence-electron chi connectivity index (χ1n) is 6.82. The Morgan fingerprint density at radius 1 is 1.48 bits per heavy atom. The van der Waals surface area contributed by atoms with Gasteiger partial charge in [-0.15, -0.1) is 11.3 Å². The van der Waals surface area contributed by atoms with Crippen molar-refractivity contribution in [2.24, 2.45) is 0 Å². The highest BCUT2D eigenvalue weighted by atomic mass is 32.1. The molecule has 1 aromatic carbocycles. The lowest BCUT2D eigenvalue weighted by Gasteiger charge is -2.23. The van der Waals surface area contributed by atoms with Gasteiger partial charge in [0, 0.05) is 18.1 Å². The third kappa shape index (κ3) is 3.05. The van der Waals surface area contributed by atoms with E-state index in [0.29, 0.717) is 6.54 Å². The Labute approximate surface area is 126 Å². The van der Waals surface area contributed by atoms with Crippen LogP contribution in [0.4, 0.5) is 4.39 Å². The van der Waals surface area contributed by atoms with Crippen molar-refractivity contribution in [1.82, 2.24) is 9.88 Å². The van der Waals surface area contributed by atoms with Crippen LogP contribution in [0.15, 0.2) is 35.8 Å². The first kappa shape index (κ1) is 14.0. The third-order valence-corrected chi connectivity index (χ3v) is 4.37. The van der Waals surface area contributed by atoms with Gasteiger partial charge < -0.3 is 9.64 Å². The van der Waals surface area contributed by atoms with E-state index in [0.717, 1.165) is 17.8 Å². The molecule has 1 saturated heterocycles. The number of halogens is 1. The number of benzene rings is 1. The van der Waals surface area contributed by atoms with Crippen molar-refractivity contribution in [2.45, 2.75) is 18.9 Å². The van der Waals surface area contributed by atoms with Crippen LogP contribution in [0.5, 0.6) is 5.75 Å². The molecule has 3 rings (SSSR count). The summed E-state index contributed by atoms with van der Waals surface area (Å²) in [6.07, 6.45) is 3.62.